The summed E-state index contributed by atoms with van der Waals surface area (Å²) in [4.78, 5) is 17.0. The maximum Gasteiger partial charge on any atom is 0.387 e. The van der Waals surface area contributed by atoms with Crippen molar-refractivity contribution >= 4 is 17.5 Å². The maximum atomic E-state index is 12.4. The predicted molar refractivity (Wildman–Crippen MR) is 96.0 cm³/mol. The predicted octanol–water partition coefficient (Wildman–Crippen LogP) is 3.05. The molecule has 0 saturated heterocycles. The molecule has 0 aliphatic rings. The van der Waals surface area contributed by atoms with Crippen LogP contribution in [0, 0.1) is 6.92 Å². The highest BCUT2D eigenvalue weighted by atomic mass is 19.3. The molecule has 0 spiro atoms. The molecule has 2 rings (SSSR count). The molecule has 0 heterocycles. The van der Waals surface area contributed by atoms with Crippen LogP contribution < -0.4 is 20.9 Å². The number of halogens is 2. The number of nitrogen functional groups attached to an aromatic ring is 1. The Morgan fingerprint density at radius 1 is 1.22 bits per heavy atom. The number of anilines is 1. The molecule has 0 aliphatic heterocycles. The monoisotopic (exact) mass is 379 g/mol. The minimum Gasteiger partial charge on any atom is -0.490 e. The van der Waals surface area contributed by atoms with E-state index in [-0.39, 0.29) is 29.5 Å². The fourth-order valence-corrected chi connectivity index (χ4v) is 2.22. The third-order valence-electron chi connectivity index (χ3n) is 3.57. The molecule has 7 nitrogen and oxygen atoms in total. The van der Waals surface area contributed by atoms with Crippen molar-refractivity contribution in [1.29, 1.82) is 0 Å². The Labute approximate surface area is 154 Å². The van der Waals surface area contributed by atoms with Crippen LogP contribution in [0.25, 0.3) is 0 Å². The second kappa shape index (κ2) is 8.84. The summed E-state index contributed by atoms with van der Waals surface area (Å²) in [5.74, 6) is -1.09. The summed E-state index contributed by atoms with van der Waals surface area (Å²) in [5, 5.41) is 3.62. The van der Waals surface area contributed by atoms with E-state index in [0.29, 0.717) is 16.8 Å². The lowest BCUT2D eigenvalue weighted by Crippen LogP contribution is -2.17. The summed E-state index contributed by atoms with van der Waals surface area (Å²) >= 11 is 0. The highest BCUT2D eigenvalue weighted by Gasteiger charge is 2.16. The van der Waals surface area contributed by atoms with Crippen LogP contribution in [-0.4, -0.2) is 25.0 Å². The molecule has 2 aromatic rings. The van der Waals surface area contributed by atoms with Crippen LogP contribution in [-0.2, 0) is 4.84 Å². The molecule has 0 aliphatic carbocycles. The van der Waals surface area contributed by atoms with Gasteiger partial charge in [-0.1, -0.05) is 17.3 Å². The first-order valence-electron chi connectivity index (χ1n) is 7.95. The normalized spacial score (nSPS) is 11.4. The molecule has 9 heteroatoms. The van der Waals surface area contributed by atoms with Crippen LogP contribution in [0.1, 0.15) is 28.4 Å². The Bertz CT molecular complexity index is 856. The fourth-order valence-electron chi connectivity index (χ4n) is 2.22. The summed E-state index contributed by atoms with van der Waals surface area (Å²) in [7, 11) is 0. The zero-order chi connectivity index (χ0) is 20.0. The molecule has 0 bridgehead atoms. The number of carbonyl (C=O) groups is 1. The van der Waals surface area contributed by atoms with E-state index in [9.17, 15) is 13.6 Å². The average molecular weight is 379 g/mol. The van der Waals surface area contributed by atoms with E-state index in [0.717, 1.165) is 0 Å². The summed E-state index contributed by atoms with van der Waals surface area (Å²) in [6.07, 6.45) is 0. The lowest BCUT2D eigenvalue weighted by molar-refractivity contribution is -0.0514. The first-order valence-corrected chi connectivity index (χ1v) is 7.95. The van der Waals surface area contributed by atoms with Crippen molar-refractivity contribution in [2.45, 2.75) is 20.5 Å². The average Bonchev–Trinajstić information content (AvgIpc) is 2.63. The summed E-state index contributed by atoms with van der Waals surface area (Å²) in [6, 6.07) is 8.74. The highest BCUT2D eigenvalue weighted by Crippen LogP contribution is 2.30. The molecule has 0 unspecified atom stereocenters. The van der Waals surface area contributed by atoms with E-state index >= 15 is 0 Å². The molecule has 4 N–H and O–H groups in total. The van der Waals surface area contributed by atoms with Crippen LogP contribution >= 0.6 is 0 Å². The highest BCUT2D eigenvalue weighted by molar-refractivity contribution is 6.00. The second-order valence-electron chi connectivity index (χ2n) is 5.35. The first-order chi connectivity index (χ1) is 12.8. The summed E-state index contributed by atoms with van der Waals surface area (Å²) in [6.45, 7) is 0.590. The van der Waals surface area contributed by atoms with E-state index in [2.05, 4.69) is 9.89 Å². The Morgan fingerprint density at radius 3 is 2.63 bits per heavy atom. The van der Waals surface area contributed by atoms with Crippen molar-refractivity contribution in [3.8, 4) is 11.5 Å². The number of oxime groups is 1. The third kappa shape index (κ3) is 5.06. The van der Waals surface area contributed by atoms with Gasteiger partial charge in [0.25, 0.3) is 0 Å². The maximum absolute atomic E-state index is 12.4. The molecule has 0 fully saturated rings. The minimum absolute atomic E-state index is 0.0177. The molecule has 0 aromatic heterocycles. The number of nitrogens with zero attached hydrogens (tertiary/aromatic N) is 1. The molecule has 0 amide bonds. The number of hydrogen-bond donors (Lipinski definition) is 2. The zero-order valence-corrected chi connectivity index (χ0v) is 14.7. The van der Waals surface area contributed by atoms with E-state index < -0.39 is 12.6 Å². The van der Waals surface area contributed by atoms with Crippen molar-refractivity contribution in [3.63, 3.8) is 0 Å². The van der Waals surface area contributed by atoms with Gasteiger partial charge in [-0.2, -0.15) is 8.78 Å². The van der Waals surface area contributed by atoms with E-state index in [1.165, 1.54) is 18.2 Å². The van der Waals surface area contributed by atoms with E-state index in [4.69, 9.17) is 21.0 Å². The molecular formula is C18H19F2N3O4. The van der Waals surface area contributed by atoms with Crippen LogP contribution in [0.5, 0.6) is 11.5 Å². The molecule has 0 saturated carbocycles. The number of benzene rings is 2. The molecule has 0 radical (unpaired) electrons. The van der Waals surface area contributed by atoms with Crippen LogP contribution in [0.3, 0.4) is 0 Å². The minimum atomic E-state index is -3.02. The number of nitrogens with two attached hydrogens (primary N) is 2. The molecule has 2 aromatic carbocycles. The molecule has 144 valence electrons. The van der Waals surface area contributed by atoms with Crippen molar-refractivity contribution in [2.24, 2.45) is 10.9 Å². The first kappa shape index (κ1) is 20.0. The molecular weight excluding hydrogens is 360 g/mol. The smallest absolute Gasteiger partial charge is 0.387 e. The van der Waals surface area contributed by atoms with Crippen LogP contribution in [0.2, 0.25) is 0 Å². The van der Waals surface area contributed by atoms with Gasteiger partial charge in [0.1, 0.15) is 0 Å². The van der Waals surface area contributed by atoms with E-state index in [1.54, 1.807) is 32.0 Å². The van der Waals surface area contributed by atoms with Crippen LogP contribution in [0.4, 0.5) is 14.5 Å². The van der Waals surface area contributed by atoms with Gasteiger partial charge in [-0.3, -0.25) is 0 Å². The van der Waals surface area contributed by atoms with Gasteiger partial charge < -0.3 is 25.8 Å². The SMILES string of the molecule is CCOc1cc(C(=O)O/N=C(\N)c2cccc(N)c2C)ccc1OC(F)F. The second-order valence-corrected chi connectivity index (χ2v) is 5.35. The van der Waals surface area contributed by atoms with Gasteiger partial charge in [0.15, 0.2) is 17.3 Å². The Kier molecular flexibility index (Phi) is 6.53. The Balaban J connectivity index is 2.19. The lowest BCUT2D eigenvalue weighted by Gasteiger charge is -2.12. The Morgan fingerprint density at radius 2 is 1.96 bits per heavy atom. The van der Waals surface area contributed by atoms with Crippen molar-refractivity contribution in [2.75, 3.05) is 12.3 Å². The number of carbonyl (C=O) groups excluding carboxylic acids is 1. The van der Waals surface area contributed by atoms with E-state index in [1.807, 2.05) is 0 Å². The van der Waals surface area contributed by atoms with Gasteiger partial charge in [-0.15, -0.1) is 0 Å². The van der Waals surface area contributed by atoms with Gasteiger partial charge >= 0.3 is 12.6 Å². The van der Waals surface area contributed by atoms with Gasteiger partial charge in [0, 0.05) is 11.3 Å². The van der Waals surface area contributed by atoms with Crippen molar-refractivity contribution < 1.29 is 27.9 Å². The van der Waals surface area contributed by atoms with Gasteiger partial charge in [-0.05, 0) is 43.7 Å². The standard InChI is InChI=1S/C18H19F2N3O4/c1-3-25-15-9-11(7-8-14(15)26-18(19)20)17(24)27-23-16(22)12-5-4-6-13(21)10(12)2/h4-9,18H,3,21H2,1-2H3,(H2,22,23). The zero-order valence-electron chi connectivity index (χ0n) is 14.7. The van der Waals surface area contributed by atoms with Crippen LogP contribution in [0.15, 0.2) is 41.6 Å². The molecule has 0 atom stereocenters. The summed E-state index contributed by atoms with van der Waals surface area (Å²) < 4.78 is 34.4. The van der Waals surface area contributed by atoms with Gasteiger partial charge in [0.2, 0.25) is 0 Å². The lowest BCUT2D eigenvalue weighted by atomic mass is 10.1. The number of ether oxygens (including phenoxy) is 2. The topological polar surface area (TPSA) is 109 Å². The number of amidine groups is 1. The largest absolute Gasteiger partial charge is 0.490 e. The summed E-state index contributed by atoms with van der Waals surface area (Å²) in [5.41, 5.74) is 13.4. The number of alkyl halides is 2. The fraction of sp³-hybridized carbons (Fsp3) is 0.222. The molecule has 27 heavy (non-hydrogen) atoms. The quantitative estimate of drug-likeness (QED) is 0.252. The van der Waals surface area contributed by atoms with Crippen molar-refractivity contribution in [1.82, 2.24) is 0 Å². The number of rotatable bonds is 7. The van der Waals surface area contributed by atoms with Crippen molar-refractivity contribution in [3.05, 3.63) is 53.1 Å². The third-order valence-corrected chi connectivity index (χ3v) is 3.57. The van der Waals surface area contributed by atoms with Gasteiger partial charge in [-0.25, -0.2) is 4.79 Å². The van der Waals surface area contributed by atoms with Gasteiger partial charge in [0.05, 0.1) is 12.2 Å². The number of hydrogen-bond acceptors (Lipinski definition) is 6. The Hall–Kier alpha value is -3.36.